The van der Waals surface area contributed by atoms with Crippen molar-refractivity contribution in [3.05, 3.63) is 35.4 Å². The zero-order chi connectivity index (χ0) is 14.5. The summed E-state index contributed by atoms with van der Waals surface area (Å²) in [5.74, 6) is 0.223. The van der Waals surface area contributed by atoms with Gasteiger partial charge in [-0.2, -0.15) is 5.26 Å². The smallest absolute Gasteiger partial charge is 0.251 e. The van der Waals surface area contributed by atoms with Crippen molar-refractivity contribution in [1.29, 1.82) is 5.26 Å². The Morgan fingerprint density at radius 1 is 1.32 bits per heavy atom. The van der Waals surface area contributed by atoms with Crippen LogP contribution in [0, 0.1) is 11.3 Å². The molecule has 0 saturated carbocycles. The molecule has 1 atom stereocenters. The summed E-state index contributed by atoms with van der Waals surface area (Å²) >= 11 is 0. The largest absolute Gasteiger partial charge is 0.351 e. The molecule has 1 amide bonds. The first-order valence-corrected chi connectivity index (χ1v) is 7.33. The molecule has 1 N–H and O–H groups in total. The molecule has 19 heavy (non-hydrogen) atoms. The SMILES string of the molecule is CC(C)(C)S(=O)CCNC(=O)c1ccc(C#N)cc1. The van der Waals surface area contributed by atoms with Gasteiger partial charge in [0, 0.05) is 33.4 Å². The van der Waals surface area contributed by atoms with E-state index < -0.39 is 10.8 Å². The molecule has 0 aliphatic carbocycles. The number of rotatable bonds is 4. The number of nitrogens with one attached hydrogen (secondary N) is 1. The standard InChI is InChI=1S/C14H18N2O2S/c1-14(2,3)19(18)9-8-16-13(17)12-6-4-11(10-15)5-7-12/h4-7H,8-9H2,1-3H3,(H,16,17). The zero-order valence-electron chi connectivity index (χ0n) is 11.4. The summed E-state index contributed by atoms with van der Waals surface area (Å²) in [5, 5.41) is 11.4. The number of nitrogens with zero attached hydrogens (tertiary/aromatic N) is 1. The maximum atomic E-state index is 11.8. The fraction of sp³-hybridized carbons (Fsp3) is 0.429. The van der Waals surface area contributed by atoms with Gasteiger partial charge >= 0.3 is 0 Å². The van der Waals surface area contributed by atoms with Crippen molar-refractivity contribution in [2.75, 3.05) is 12.3 Å². The third kappa shape index (κ3) is 4.84. The van der Waals surface area contributed by atoms with Crippen molar-refractivity contribution in [3.63, 3.8) is 0 Å². The van der Waals surface area contributed by atoms with Gasteiger partial charge in [0.05, 0.1) is 11.6 Å². The van der Waals surface area contributed by atoms with E-state index in [2.05, 4.69) is 5.32 Å². The summed E-state index contributed by atoms with van der Waals surface area (Å²) in [6.07, 6.45) is 0. The lowest BCUT2D eigenvalue weighted by Gasteiger charge is -2.17. The molecule has 1 aromatic carbocycles. The molecule has 0 aliphatic rings. The first-order valence-electron chi connectivity index (χ1n) is 6.01. The molecule has 1 rings (SSSR count). The molecule has 0 saturated heterocycles. The van der Waals surface area contributed by atoms with Crippen molar-refractivity contribution in [2.45, 2.75) is 25.5 Å². The van der Waals surface area contributed by atoms with Crippen LogP contribution in [-0.4, -0.2) is 27.2 Å². The Bertz CT molecular complexity index is 510. The van der Waals surface area contributed by atoms with Gasteiger partial charge in [0.2, 0.25) is 0 Å². The maximum absolute atomic E-state index is 11.8. The average molecular weight is 278 g/mol. The molecule has 1 aromatic rings. The number of carbonyl (C=O) groups excluding carboxylic acids is 1. The van der Waals surface area contributed by atoms with Crippen molar-refractivity contribution in [3.8, 4) is 6.07 Å². The van der Waals surface area contributed by atoms with Crippen LogP contribution in [0.25, 0.3) is 0 Å². The first kappa shape index (κ1) is 15.4. The van der Waals surface area contributed by atoms with Crippen molar-refractivity contribution < 1.29 is 9.00 Å². The van der Waals surface area contributed by atoms with Crippen LogP contribution in [0.2, 0.25) is 0 Å². The van der Waals surface area contributed by atoms with Crippen LogP contribution in [0.5, 0.6) is 0 Å². The van der Waals surface area contributed by atoms with Gasteiger partial charge in [0.25, 0.3) is 5.91 Å². The molecular weight excluding hydrogens is 260 g/mol. The lowest BCUT2D eigenvalue weighted by molar-refractivity contribution is 0.0956. The third-order valence-corrected chi connectivity index (χ3v) is 4.47. The molecule has 0 spiro atoms. The minimum Gasteiger partial charge on any atom is -0.351 e. The number of hydrogen-bond acceptors (Lipinski definition) is 3. The van der Waals surface area contributed by atoms with Crippen LogP contribution in [-0.2, 0) is 10.8 Å². The molecule has 0 aromatic heterocycles. The molecule has 4 nitrogen and oxygen atoms in total. The van der Waals surface area contributed by atoms with Crippen LogP contribution >= 0.6 is 0 Å². The number of benzene rings is 1. The summed E-state index contributed by atoms with van der Waals surface area (Å²) in [7, 11) is -0.973. The predicted octanol–water partition coefficient (Wildman–Crippen LogP) is 1.84. The van der Waals surface area contributed by atoms with Crippen molar-refractivity contribution >= 4 is 16.7 Å². The van der Waals surface area contributed by atoms with E-state index in [-0.39, 0.29) is 10.7 Å². The van der Waals surface area contributed by atoms with Crippen molar-refractivity contribution in [1.82, 2.24) is 5.32 Å². The lowest BCUT2D eigenvalue weighted by atomic mass is 10.1. The van der Waals surface area contributed by atoms with Gasteiger partial charge in [-0.15, -0.1) is 0 Å². The molecule has 102 valence electrons. The second-order valence-electron chi connectivity index (χ2n) is 5.11. The zero-order valence-corrected chi connectivity index (χ0v) is 12.2. The Hall–Kier alpha value is -1.67. The number of nitriles is 1. The van der Waals surface area contributed by atoms with E-state index in [0.29, 0.717) is 23.4 Å². The molecular formula is C14H18N2O2S. The minimum atomic E-state index is -0.973. The number of amides is 1. The van der Waals surface area contributed by atoms with E-state index in [1.54, 1.807) is 24.3 Å². The van der Waals surface area contributed by atoms with Gasteiger partial charge in [-0.3, -0.25) is 9.00 Å². The predicted molar refractivity (Wildman–Crippen MR) is 76.3 cm³/mol. The normalized spacial score (nSPS) is 12.5. The lowest BCUT2D eigenvalue weighted by Crippen LogP contribution is -2.32. The van der Waals surface area contributed by atoms with E-state index in [0.717, 1.165) is 0 Å². The van der Waals surface area contributed by atoms with E-state index in [9.17, 15) is 9.00 Å². The van der Waals surface area contributed by atoms with Crippen LogP contribution in [0.4, 0.5) is 0 Å². The van der Waals surface area contributed by atoms with Crippen LogP contribution in [0.3, 0.4) is 0 Å². The Morgan fingerprint density at radius 2 is 1.89 bits per heavy atom. The highest BCUT2D eigenvalue weighted by Crippen LogP contribution is 2.10. The van der Waals surface area contributed by atoms with Crippen LogP contribution in [0.1, 0.15) is 36.7 Å². The second-order valence-corrected chi connectivity index (χ2v) is 7.43. The van der Waals surface area contributed by atoms with Gasteiger partial charge < -0.3 is 5.32 Å². The topological polar surface area (TPSA) is 70.0 Å². The van der Waals surface area contributed by atoms with E-state index >= 15 is 0 Å². The van der Waals surface area contributed by atoms with Gasteiger partial charge in [0.15, 0.2) is 0 Å². The molecule has 0 radical (unpaired) electrons. The minimum absolute atomic E-state index is 0.213. The highest BCUT2D eigenvalue weighted by Gasteiger charge is 2.18. The molecule has 0 bridgehead atoms. The quantitative estimate of drug-likeness (QED) is 0.913. The third-order valence-electron chi connectivity index (χ3n) is 2.53. The van der Waals surface area contributed by atoms with E-state index in [4.69, 9.17) is 5.26 Å². The summed E-state index contributed by atoms with van der Waals surface area (Å²) in [6.45, 7) is 6.10. The van der Waals surface area contributed by atoms with E-state index in [1.165, 1.54) is 0 Å². The Kier molecular flexibility index (Phi) is 5.25. The van der Waals surface area contributed by atoms with Crippen molar-refractivity contribution in [2.24, 2.45) is 0 Å². The number of carbonyl (C=O) groups is 1. The fourth-order valence-corrected chi connectivity index (χ4v) is 2.26. The van der Waals surface area contributed by atoms with Gasteiger partial charge in [0.1, 0.15) is 0 Å². The summed E-state index contributed by atoms with van der Waals surface area (Å²) in [5.41, 5.74) is 1.02. The first-order chi connectivity index (χ1) is 8.84. The van der Waals surface area contributed by atoms with Crippen LogP contribution in [0.15, 0.2) is 24.3 Å². The highest BCUT2D eigenvalue weighted by molar-refractivity contribution is 7.86. The molecule has 0 aliphatic heterocycles. The molecule has 0 fully saturated rings. The average Bonchev–Trinajstić information content (AvgIpc) is 2.37. The Balaban J connectivity index is 2.48. The molecule has 0 heterocycles. The van der Waals surface area contributed by atoms with Gasteiger partial charge in [-0.1, -0.05) is 0 Å². The fourth-order valence-electron chi connectivity index (χ4n) is 1.36. The van der Waals surface area contributed by atoms with Gasteiger partial charge in [-0.25, -0.2) is 0 Å². The summed E-state index contributed by atoms with van der Waals surface area (Å²) in [4.78, 5) is 11.8. The van der Waals surface area contributed by atoms with Crippen LogP contribution < -0.4 is 5.32 Å². The highest BCUT2D eigenvalue weighted by atomic mass is 32.2. The second kappa shape index (κ2) is 6.48. The van der Waals surface area contributed by atoms with E-state index in [1.807, 2.05) is 26.8 Å². The van der Waals surface area contributed by atoms with Gasteiger partial charge in [-0.05, 0) is 45.0 Å². The number of hydrogen-bond donors (Lipinski definition) is 1. The summed E-state index contributed by atoms with van der Waals surface area (Å²) < 4.78 is 11.5. The Morgan fingerprint density at radius 3 is 2.37 bits per heavy atom. The molecule has 1 unspecified atom stereocenters. The summed E-state index contributed by atoms with van der Waals surface area (Å²) in [6, 6.07) is 8.41. The Labute approximate surface area is 116 Å². The molecule has 5 heteroatoms. The monoisotopic (exact) mass is 278 g/mol. The maximum Gasteiger partial charge on any atom is 0.251 e.